The number of aryl methyl sites for hydroxylation is 1. The van der Waals surface area contributed by atoms with Crippen molar-refractivity contribution in [2.45, 2.75) is 38.5 Å². The van der Waals surface area contributed by atoms with E-state index in [2.05, 4.69) is 64.0 Å². The van der Waals surface area contributed by atoms with Gasteiger partial charge in [-0.3, -0.25) is 9.88 Å². The average Bonchev–Trinajstić information content (AvgIpc) is 2.70. The number of nitrogens with zero attached hydrogens (tertiary/aromatic N) is 4. The lowest BCUT2D eigenvalue weighted by atomic mass is 10.0. The number of fused-ring (bicyclic) bond motifs is 1. The Labute approximate surface area is 171 Å². The van der Waals surface area contributed by atoms with Crippen molar-refractivity contribution in [2.75, 3.05) is 12.8 Å². The van der Waals surface area contributed by atoms with Crippen LogP contribution < -0.4 is 0 Å². The van der Waals surface area contributed by atoms with Crippen LogP contribution >= 0.6 is 0 Å². The molecule has 6 nitrogen and oxygen atoms in total. The van der Waals surface area contributed by atoms with Crippen molar-refractivity contribution in [1.82, 2.24) is 19.9 Å². The highest BCUT2D eigenvalue weighted by Crippen LogP contribution is 2.25. The molecule has 29 heavy (non-hydrogen) atoms. The molecule has 3 aromatic rings. The summed E-state index contributed by atoms with van der Waals surface area (Å²) < 4.78 is 23.3. The van der Waals surface area contributed by atoms with Gasteiger partial charge in [-0.2, -0.15) is 0 Å². The molecular weight excluding hydrogens is 384 g/mol. The fourth-order valence-electron chi connectivity index (χ4n) is 3.63. The van der Waals surface area contributed by atoms with Gasteiger partial charge < -0.3 is 0 Å². The third kappa shape index (κ3) is 4.21. The molecule has 0 radical (unpaired) electrons. The first-order valence-corrected chi connectivity index (χ1v) is 11.5. The molecule has 0 fully saturated rings. The Hall–Kier alpha value is -2.64. The molecule has 0 saturated heterocycles. The third-order valence-corrected chi connectivity index (χ3v) is 6.29. The summed E-state index contributed by atoms with van der Waals surface area (Å²) >= 11 is 0. The molecule has 0 bridgehead atoms. The van der Waals surface area contributed by atoms with Crippen molar-refractivity contribution in [3.8, 4) is 11.3 Å². The van der Waals surface area contributed by atoms with E-state index in [1.165, 1.54) is 16.7 Å². The Balaban J connectivity index is 1.47. The van der Waals surface area contributed by atoms with Crippen molar-refractivity contribution in [1.29, 1.82) is 0 Å². The van der Waals surface area contributed by atoms with Crippen LogP contribution in [0.25, 0.3) is 11.3 Å². The van der Waals surface area contributed by atoms with E-state index in [-0.39, 0.29) is 5.16 Å². The summed E-state index contributed by atoms with van der Waals surface area (Å²) in [6, 6.07) is 10.5. The first kappa shape index (κ1) is 19.7. The second-order valence-corrected chi connectivity index (χ2v) is 9.57. The van der Waals surface area contributed by atoms with Gasteiger partial charge in [0.25, 0.3) is 0 Å². The maximum absolute atomic E-state index is 11.7. The van der Waals surface area contributed by atoms with Gasteiger partial charge in [-0.05, 0) is 36.6 Å². The molecule has 7 heteroatoms. The minimum Gasteiger partial charge on any atom is -0.294 e. The molecule has 1 aliphatic heterocycles. The van der Waals surface area contributed by atoms with Gasteiger partial charge in [0.1, 0.15) is 0 Å². The molecule has 2 aromatic heterocycles. The number of benzene rings is 1. The summed E-state index contributed by atoms with van der Waals surface area (Å²) in [7, 11) is -3.38. The second-order valence-electron chi connectivity index (χ2n) is 7.66. The lowest BCUT2D eigenvalue weighted by Gasteiger charge is -2.27. The zero-order valence-electron chi connectivity index (χ0n) is 16.9. The van der Waals surface area contributed by atoms with Gasteiger partial charge >= 0.3 is 0 Å². The van der Waals surface area contributed by atoms with Crippen molar-refractivity contribution >= 4 is 9.84 Å². The number of hydrogen-bond donors (Lipinski definition) is 0. The van der Waals surface area contributed by atoms with Crippen LogP contribution in [0.5, 0.6) is 0 Å². The highest BCUT2D eigenvalue weighted by Gasteiger charge is 2.21. The van der Waals surface area contributed by atoms with Crippen LogP contribution in [0, 0.1) is 13.8 Å². The maximum Gasteiger partial charge on any atom is 0.246 e. The molecular formula is C22H24N4O2S. The maximum atomic E-state index is 11.7. The Morgan fingerprint density at radius 1 is 1.07 bits per heavy atom. The number of hydrogen-bond acceptors (Lipinski definition) is 6. The summed E-state index contributed by atoms with van der Waals surface area (Å²) in [4.78, 5) is 15.3. The number of sulfone groups is 1. The highest BCUT2D eigenvalue weighted by molar-refractivity contribution is 7.90. The molecule has 0 N–H and O–H groups in total. The Bertz CT molecular complexity index is 1160. The van der Waals surface area contributed by atoms with Crippen LogP contribution in [0.4, 0.5) is 0 Å². The minimum absolute atomic E-state index is 0.0871. The van der Waals surface area contributed by atoms with Crippen LogP contribution in [0.3, 0.4) is 0 Å². The van der Waals surface area contributed by atoms with Crippen LogP contribution in [0.2, 0.25) is 0 Å². The fraction of sp³-hybridized carbons (Fsp3) is 0.318. The standard InChI is InChI=1S/C22H24N4O2S/c1-15-5-4-6-19(16(15)2)21-8-7-17(11-23-21)13-26-10-9-20-18(14-26)12-24-22(25-20)29(3,27)28/h4-8,11-12H,9-10,13-14H2,1-3H3. The minimum atomic E-state index is -3.38. The summed E-state index contributed by atoms with van der Waals surface area (Å²) in [6.07, 6.45) is 5.44. The van der Waals surface area contributed by atoms with E-state index in [0.29, 0.717) is 13.0 Å². The van der Waals surface area contributed by atoms with Gasteiger partial charge in [0.2, 0.25) is 15.0 Å². The smallest absolute Gasteiger partial charge is 0.246 e. The zero-order valence-corrected chi connectivity index (χ0v) is 17.7. The van der Waals surface area contributed by atoms with Gasteiger partial charge in [0, 0.05) is 55.8 Å². The monoisotopic (exact) mass is 408 g/mol. The summed E-state index contributed by atoms with van der Waals surface area (Å²) in [6.45, 7) is 6.56. The molecule has 1 aromatic carbocycles. The van der Waals surface area contributed by atoms with Crippen LogP contribution in [-0.4, -0.2) is 41.1 Å². The molecule has 0 spiro atoms. The zero-order chi connectivity index (χ0) is 20.6. The molecule has 0 amide bonds. The molecule has 0 aliphatic carbocycles. The fourth-order valence-corrected chi connectivity index (χ4v) is 4.15. The predicted octanol–water partition coefficient (Wildman–Crippen LogP) is 3.12. The second kappa shape index (κ2) is 7.65. The van der Waals surface area contributed by atoms with Crippen molar-refractivity contribution < 1.29 is 8.42 Å². The van der Waals surface area contributed by atoms with E-state index in [1.54, 1.807) is 6.20 Å². The number of pyridine rings is 1. The molecule has 3 heterocycles. The lowest BCUT2D eigenvalue weighted by Crippen LogP contribution is -2.31. The first-order valence-electron chi connectivity index (χ1n) is 9.60. The van der Waals surface area contributed by atoms with Gasteiger partial charge in [0.05, 0.1) is 11.4 Å². The quantitative estimate of drug-likeness (QED) is 0.618. The summed E-state index contributed by atoms with van der Waals surface area (Å²) in [5.41, 5.74) is 7.65. The van der Waals surface area contributed by atoms with Gasteiger partial charge in [-0.25, -0.2) is 18.4 Å². The summed E-state index contributed by atoms with van der Waals surface area (Å²) in [5, 5.41) is -0.0871. The Kier molecular flexibility index (Phi) is 5.19. The van der Waals surface area contributed by atoms with E-state index in [9.17, 15) is 8.42 Å². The van der Waals surface area contributed by atoms with Crippen molar-refractivity contribution in [2.24, 2.45) is 0 Å². The Morgan fingerprint density at radius 2 is 1.90 bits per heavy atom. The molecule has 150 valence electrons. The number of rotatable bonds is 4. The van der Waals surface area contributed by atoms with E-state index >= 15 is 0 Å². The van der Waals surface area contributed by atoms with Gasteiger partial charge in [0.15, 0.2) is 0 Å². The van der Waals surface area contributed by atoms with Gasteiger partial charge in [-0.15, -0.1) is 0 Å². The van der Waals surface area contributed by atoms with Crippen molar-refractivity contribution in [3.05, 3.63) is 70.7 Å². The lowest BCUT2D eigenvalue weighted by molar-refractivity contribution is 0.242. The molecule has 0 unspecified atom stereocenters. The van der Waals surface area contributed by atoms with E-state index < -0.39 is 9.84 Å². The highest BCUT2D eigenvalue weighted by atomic mass is 32.2. The van der Waals surface area contributed by atoms with Gasteiger partial charge in [-0.1, -0.05) is 24.3 Å². The van der Waals surface area contributed by atoms with Crippen LogP contribution in [0.15, 0.2) is 47.9 Å². The topological polar surface area (TPSA) is 76.1 Å². The predicted molar refractivity (Wildman–Crippen MR) is 112 cm³/mol. The molecule has 4 rings (SSSR count). The average molecular weight is 409 g/mol. The number of aromatic nitrogens is 3. The Morgan fingerprint density at radius 3 is 2.62 bits per heavy atom. The van der Waals surface area contributed by atoms with Crippen LogP contribution in [-0.2, 0) is 29.3 Å². The molecule has 1 aliphatic rings. The third-order valence-electron chi connectivity index (χ3n) is 5.43. The SMILES string of the molecule is Cc1cccc(-c2ccc(CN3CCc4nc(S(C)(=O)=O)ncc4C3)cn2)c1C. The van der Waals surface area contributed by atoms with E-state index in [4.69, 9.17) is 0 Å². The van der Waals surface area contributed by atoms with E-state index in [0.717, 1.165) is 41.9 Å². The largest absolute Gasteiger partial charge is 0.294 e. The molecule has 0 saturated carbocycles. The molecule has 0 atom stereocenters. The first-order chi connectivity index (χ1) is 13.8. The summed E-state index contributed by atoms with van der Waals surface area (Å²) in [5.74, 6) is 0. The van der Waals surface area contributed by atoms with Crippen LogP contribution in [0.1, 0.15) is 27.9 Å². The van der Waals surface area contributed by atoms with E-state index in [1.807, 2.05) is 6.20 Å². The van der Waals surface area contributed by atoms with Crippen molar-refractivity contribution in [3.63, 3.8) is 0 Å². The normalized spacial score (nSPS) is 14.6.